The molecule has 0 radical (unpaired) electrons. The van der Waals surface area contributed by atoms with E-state index in [0.29, 0.717) is 0 Å². The van der Waals surface area contributed by atoms with E-state index >= 15 is 0 Å². The second-order valence-corrected chi connectivity index (χ2v) is 14.4. The number of anilines is 6. The third kappa shape index (κ3) is 4.62. The Bertz CT molecular complexity index is 2740. The van der Waals surface area contributed by atoms with Crippen molar-refractivity contribution in [1.82, 2.24) is 0 Å². The normalized spacial score (nSPS) is 12.9. The van der Waals surface area contributed by atoms with E-state index in [0.717, 1.165) is 34.1 Å². The molecule has 2 heteroatoms. The van der Waals surface area contributed by atoms with Crippen molar-refractivity contribution in [3.63, 3.8) is 0 Å². The Labute approximate surface area is 321 Å². The van der Waals surface area contributed by atoms with Gasteiger partial charge in [0.15, 0.2) is 0 Å². The van der Waals surface area contributed by atoms with Gasteiger partial charge in [0.2, 0.25) is 0 Å². The highest BCUT2D eigenvalue weighted by Gasteiger charge is 2.52. The van der Waals surface area contributed by atoms with Gasteiger partial charge in [-0.1, -0.05) is 152 Å². The predicted octanol–water partition coefficient (Wildman–Crippen LogP) is 14.1. The monoisotopic (exact) mass is 700 g/mol. The molecule has 0 heterocycles. The standard InChI is InChI=1S/C53H36N2/c1-5-19-37(20-6-1)54(38-21-7-2-8-22-38)41-33-34-46-49(35-41)53(47-31-17-15-27-42(47)43-28-16-18-32-48(43)53)50-36-51(44-29-13-14-30-45(44)52(46)50)55(39-23-9-3-10-24-39)40-25-11-4-12-26-40/h1-36H. The van der Waals surface area contributed by atoms with Gasteiger partial charge >= 0.3 is 0 Å². The molecule has 11 rings (SSSR count). The summed E-state index contributed by atoms with van der Waals surface area (Å²) >= 11 is 0. The molecule has 0 aliphatic heterocycles. The summed E-state index contributed by atoms with van der Waals surface area (Å²) in [6, 6.07) is 79.9. The van der Waals surface area contributed by atoms with Gasteiger partial charge in [0.1, 0.15) is 0 Å². The molecule has 9 aromatic rings. The second-order valence-electron chi connectivity index (χ2n) is 14.4. The molecule has 0 N–H and O–H groups in total. The van der Waals surface area contributed by atoms with E-state index < -0.39 is 5.41 Å². The summed E-state index contributed by atoms with van der Waals surface area (Å²) in [5.41, 5.74) is 16.7. The van der Waals surface area contributed by atoms with Crippen LogP contribution in [0, 0.1) is 0 Å². The van der Waals surface area contributed by atoms with Crippen LogP contribution in [-0.2, 0) is 5.41 Å². The van der Waals surface area contributed by atoms with Crippen LogP contribution >= 0.6 is 0 Å². The predicted molar refractivity (Wildman–Crippen MR) is 230 cm³/mol. The van der Waals surface area contributed by atoms with Crippen molar-refractivity contribution in [2.75, 3.05) is 9.80 Å². The fraction of sp³-hybridized carbons (Fsp3) is 0.0189. The Morgan fingerprint density at radius 1 is 0.273 bits per heavy atom. The van der Waals surface area contributed by atoms with Gasteiger partial charge in [0.25, 0.3) is 0 Å². The first kappa shape index (κ1) is 31.4. The first-order chi connectivity index (χ1) is 27.3. The summed E-state index contributed by atoms with van der Waals surface area (Å²) in [4.78, 5) is 4.82. The van der Waals surface area contributed by atoms with Gasteiger partial charge in [-0.05, 0) is 117 Å². The van der Waals surface area contributed by atoms with Crippen LogP contribution in [-0.4, -0.2) is 0 Å². The lowest BCUT2D eigenvalue weighted by atomic mass is 9.70. The summed E-state index contributed by atoms with van der Waals surface area (Å²) in [5.74, 6) is 0. The SMILES string of the molecule is c1ccc(N(c2ccccc2)c2ccc3c(c2)C2(c4ccccc4-c4ccccc42)c2cc(N(c4ccccc4)c4ccccc4)c4ccccc4c2-3)cc1. The van der Waals surface area contributed by atoms with Crippen LogP contribution in [0.25, 0.3) is 33.0 Å². The lowest BCUT2D eigenvalue weighted by Crippen LogP contribution is -2.26. The second kappa shape index (κ2) is 12.5. The van der Waals surface area contributed by atoms with E-state index in [1.807, 2.05) is 0 Å². The zero-order valence-electron chi connectivity index (χ0n) is 30.2. The van der Waals surface area contributed by atoms with Crippen molar-refractivity contribution in [3.05, 3.63) is 241 Å². The Morgan fingerprint density at radius 3 is 1.24 bits per heavy atom. The van der Waals surface area contributed by atoms with Crippen molar-refractivity contribution < 1.29 is 0 Å². The van der Waals surface area contributed by atoms with Gasteiger partial charge in [-0.15, -0.1) is 0 Å². The Balaban J connectivity index is 1.27. The number of para-hydroxylation sites is 4. The molecule has 9 aromatic carbocycles. The minimum Gasteiger partial charge on any atom is -0.310 e. The van der Waals surface area contributed by atoms with Crippen molar-refractivity contribution in [1.29, 1.82) is 0 Å². The molecule has 0 saturated carbocycles. The van der Waals surface area contributed by atoms with E-state index in [2.05, 4.69) is 228 Å². The highest BCUT2D eigenvalue weighted by molar-refractivity contribution is 6.12. The molecule has 1 spiro atoms. The lowest BCUT2D eigenvalue weighted by molar-refractivity contribution is 0.794. The van der Waals surface area contributed by atoms with Crippen LogP contribution in [0.2, 0.25) is 0 Å². The third-order valence-electron chi connectivity index (χ3n) is 11.6. The smallest absolute Gasteiger partial charge is 0.0727 e. The summed E-state index contributed by atoms with van der Waals surface area (Å²) in [6.07, 6.45) is 0. The first-order valence-corrected chi connectivity index (χ1v) is 19.0. The van der Waals surface area contributed by atoms with E-state index in [-0.39, 0.29) is 0 Å². The molecule has 2 aliphatic rings. The molecule has 0 saturated heterocycles. The summed E-state index contributed by atoms with van der Waals surface area (Å²) < 4.78 is 0. The highest BCUT2D eigenvalue weighted by Crippen LogP contribution is 2.65. The molecule has 0 bridgehead atoms. The average Bonchev–Trinajstić information content (AvgIpc) is 3.72. The minimum atomic E-state index is -0.551. The number of benzene rings is 9. The maximum Gasteiger partial charge on any atom is 0.0727 e. The largest absolute Gasteiger partial charge is 0.310 e. The Morgan fingerprint density at radius 2 is 0.709 bits per heavy atom. The molecule has 0 unspecified atom stereocenters. The van der Waals surface area contributed by atoms with Gasteiger partial charge in [-0.25, -0.2) is 0 Å². The Kier molecular flexibility index (Phi) is 7.11. The zero-order valence-corrected chi connectivity index (χ0v) is 30.2. The number of rotatable bonds is 6. The molecule has 2 nitrogen and oxygen atoms in total. The van der Waals surface area contributed by atoms with Crippen molar-refractivity contribution in [3.8, 4) is 22.3 Å². The number of nitrogens with zero attached hydrogens (tertiary/aromatic N) is 2. The maximum atomic E-state index is 2.52. The van der Waals surface area contributed by atoms with Gasteiger partial charge in [-0.3, -0.25) is 0 Å². The zero-order chi connectivity index (χ0) is 36.3. The molecule has 0 atom stereocenters. The van der Waals surface area contributed by atoms with Crippen LogP contribution in [0.3, 0.4) is 0 Å². The van der Waals surface area contributed by atoms with Gasteiger partial charge < -0.3 is 9.80 Å². The van der Waals surface area contributed by atoms with E-state index in [1.165, 1.54) is 55.3 Å². The van der Waals surface area contributed by atoms with Crippen molar-refractivity contribution >= 4 is 44.9 Å². The van der Waals surface area contributed by atoms with E-state index in [1.54, 1.807) is 0 Å². The van der Waals surface area contributed by atoms with Gasteiger partial charge in [0, 0.05) is 33.8 Å². The van der Waals surface area contributed by atoms with E-state index in [9.17, 15) is 0 Å². The number of hydrogen-bond acceptors (Lipinski definition) is 2. The summed E-state index contributed by atoms with van der Waals surface area (Å²) in [6.45, 7) is 0. The summed E-state index contributed by atoms with van der Waals surface area (Å²) in [5, 5.41) is 2.47. The molecule has 0 fully saturated rings. The molecule has 0 aromatic heterocycles. The first-order valence-electron chi connectivity index (χ1n) is 19.0. The quantitative estimate of drug-likeness (QED) is 0.170. The topological polar surface area (TPSA) is 6.48 Å². The van der Waals surface area contributed by atoms with Crippen LogP contribution in [0.5, 0.6) is 0 Å². The van der Waals surface area contributed by atoms with Crippen LogP contribution in [0.1, 0.15) is 22.3 Å². The van der Waals surface area contributed by atoms with E-state index in [4.69, 9.17) is 0 Å². The molecule has 258 valence electrons. The summed E-state index contributed by atoms with van der Waals surface area (Å²) in [7, 11) is 0. The lowest BCUT2D eigenvalue weighted by Gasteiger charge is -2.33. The van der Waals surface area contributed by atoms with Crippen LogP contribution in [0.15, 0.2) is 218 Å². The molecule has 0 amide bonds. The average molecular weight is 701 g/mol. The molecule has 2 aliphatic carbocycles. The maximum absolute atomic E-state index is 2.52. The van der Waals surface area contributed by atoms with Crippen molar-refractivity contribution in [2.45, 2.75) is 5.41 Å². The van der Waals surface area contributed by atoms with Crippen LogP contribution < -0.4 is 9.80 Å². The van der Waals surface area contributed by atoms with Gasteiger partial charge in [-0.2, -0.15) is 0 Å². The minimum absolute atomic E-state index is 0.551. The highest BCUT2D eigenvalue weighted by atomic mass is 15.1. The fourth-order valence-corrected chi connectivity index (χ4v) is 9.47. The molecular weight excluding hydrogens is 665 g/mol. The fourth-order valence-electron chi connectivity index (χ4n) is 9.47. The third-order valence-corrected chi connectivity index (χ3v) is 11.6. The molecule has 55 heavy (non-hydrogen) atoms. The van der Waals surface area contributed by atoms with Crippen molar-refractivity contribution in [2.24, 2.45) is 0 Å². The van der Waals surface area contributed by atoms with Crippen LogP contribution in [0.4, 0.5) is 34.1 Å². The number of hydrogen-bond donors (Lipinski definition) is 0. The van der Waals surface area contributed by atoms with Gasteiger partial charge in [0.05, 0.1) is 11.1 Å². The Hall–Kier alpha value is -7.16. The molecular formula is C53H36N2. The number of fused-ring (bicyclic) bond motifs is 12.